The van der Waals surface area contributed by atoms with Gasteiger partial charge in [-0.05, 0) is 51.4 Å². The molecule has 0 aliphatic rings. The van der Waals surface area contributed by atoms with Crippen LogP contribution in [0.15, 0.2) is 72.9 Å². The average Bonchev–Trinajstić information content (AvgIpc) is 3.08. The van der Waals surface area contributed by atoms with Crippen LogP contribution in [0.3, 0.4) is 0 Å². The van der Waals surface area contributed by atoms with Crippen molar-refractivity contribution < 1.29 is 47.8 Å². The minimum atomic E-state index is -4.77. The molecule has 0 fully saturated rings. The molecule has 0 aromatic carbocycles. The molecule has 0 aliphatic carbocycles. The lowest BCUT2D eigenvalue weighted by atomic mass is 10.1. The fourth-order valence-corrected chi connectivity index (χ4v) is 4.99. The van der Waals surface area contributed by atoms with E-state index >= 15 is 0 Å². The van der Waals surface area contributed by atoms with Crippen molar-refractivity contribution in [3.8, 4) is 0 Å². The molecule has 3 unspecified atom stereocenters. The van der Waals surface area contributed by atoms with Crippen LogP contribution >= 0.6 is 7.82 Å². The summed E-state index contributed by atoms with van der Waals surface area (Å²) in [5, 5.41) is 21.6. The van der Waals surface area contributed by atoms with E-state index < -0.39 is 57.6 Å². The van der Waals surface area contributed by atoms with Gasteiger partial charge in [0.15, 0.2) is 6.04 Å². The van der Waals surface area contributed by atoms with Crippen LogP contribution in [-0.2, 0) is 32.7 Å². The van der Waals surface area contributed by atoms with E-state index in [9.17, 15) is 34.1 Å². The Kier molecular flexibility index (Phi) is 31.0. The van der Waals surface area contributed by atoms with Crippen LogP contribution in [0.2, 0.25) is 0 Å². The quantitative estimate of drug-likeness (QED) is 0.0230. The van der Waals surface area contributed by atoms with Gasteiger partial charge in [0.2, 0.25) is 5.91 Å². The van der Waals surface area contributed by atoms with E-state index in [0.717, 1.165) is 51.4 Å². The molecule has 11 nitrogen and oxygen atoms in total. The maximum absolute atomic E-state index is 12.2. The number of aliphatic carboxylic acids is 1. The number of carbonyl (C=O) groups excluding carboxylic acids is 2. The monoisotopic (exact) mass is 723 g/mol. The van der Waals surface area contributed by atoms with Gasteiger partial charge in [-0.15, -0.1) is 0 Å². The number of ether oxygens (including phenoxy) is 1. The lowest BCUT2D eigenvalue weighted by molar-refractivity contribution is -0.147. The molecule has 4 N–H and O–H groups in total. The van der Waals surface area contributed by atoms with Crippen molar-refractivity contribution in [2.24, 2.45) is 0 Å². The van der Waals surface area contributed by atoms with Gasteiger partial charge in [0.05, 0.1) is 13.2 Å². The van der Waals surface area contributed by atoms with Gasteiger partial charge in [0, 0.05) is 12.8 Å². The molecular formula is C38H62NO10P. The van der Waals surface area contributed by atoms with Crippen molar-refractivity contribution in [2.45, 2.75) is 129 Å². The van der Waals surface area contributed by atoms with Crippen LogP contribution in [0.4, 0.5) is 0 Å². The molecule has 12 heteroatoms. The molecule has 0 saturated heterocycles. The first-order valence-corrected chi connectivity index (χ1v) is 19.5. The van der Waals surface area contributed by atoms with Gasteiger partial charge >= 0.3 is 19.8 Å². The number of phosphoric acid groups is 1. The summed E-state index contributed by atoms with van der Waals surface area (Å²) in [4.78, 5) is 45.4. The molecule has 0 bridgehead atoms. The molecular weight excluding hydrogens is 661 g/mol. The summed E-state index contributed by atoms with van der Waals surface area (Å²) in [6, 6.07) is -1.59. The Labute approximate surface area is 299 Å². The molecule has 1 amide bonds. The number of hydrogen-bond donors (Lipinski definition) is 4. The highest BCUT2D eigenvalue weighted by Crippen LogP contribution is 2.43. The molecule has 0 heterocycles. The smallest absolute Gasteiger partial charge is 0.472 e. The van der Waals surface area contributed by atoms with Crippen LogP contribution in [0, 0.1) is 0 Å². The number of aliphatic hydroxyl groups is 1. The molecule has 0 aromatic heterocycles. The van der Waals surface area contributed by atoms with E-state index in [2.05, 4.69) is 73.8 Å². The third-order valence-corrected chi connectivity index (χ3v) is 7.97. The van der Waals surface area contributed by atoms with Gasteiger partial charge in [0.1, 0.15) is 12.7 Å². The van der Waals surface area contributed by atoms with Gasteiger partial charge in [-0.1, -0.05) is 125 Å². The first kappa shape index (κ1) is 46.9. The first-order valence-electron chi connectivity index (χ1n) is 18.0. The van der Waals surface area contributed by atoms with Crippen LogP contribution < -0.4 is 5.32 Å². The number of nitrogens with one attached hydrogen (secondary N) is 1. The van der Waals surface area contributed by atoms with Crippen molar-refractivity contribution in [2.75, 3.05) is 19.8 Å². The Hall–Kier alpha value is -3.08. The van der Waals surface area contributed by atoms with E-state index in [0.29, 0.717) is 19.3 Å². The fraction of sp³-hybridized carbons (Fsp3) is 0.605. The minimum Gasteiger partial charge on any atom is -0.480 e. The summed E-state index contributed by atoms with van der Waals surface area (Å²) < 4.78 is 26.5. The lowest BCUT2D eigenvalue weighted by Crippen LogP contribution is -2.43. The molecule has 0 rings (SSSR count). The predicted octanol–water partition coefficient (Wildman–Crippen LogP) is 8.21. The third kappa shape index (κ3) is 32.1. The number of unbranched alkanes of at least 4 members (excludes halogenated alkanes) is 6. The maximum atomic E-state index is 12.2. The van der Waals surface area contributed by atoms with E-state index in [1.54, 1.807) is 0 Å². The number of carbonyl (C=O) groups is 3. The van der Waals surface area contributed by atoms with Crippen LogP contribution in [-0.4, -0.2) is 64.9 Å². The van der Waals surface area contributed by atoms with E-state index in [1.807, 2.05) is 18.2 Å². The third-order valence-electron chi connectivity index (χ3n) is 7.02. The predicted molar refractivity (Wildman–Crippen MR) is 198 cm³/mol. The highest BCUT2D eigenvalue weighted by molar-refractivity contribution is 7.47. The second kappa shape index (κ2) is 33.1. The van der Waals surface area contributed by atoms with Gasteiger partial charge < -0.3 is 25.2 Å². The highest BCUT2D eigenvalue weighted by atomic mass is 31.2. The summed E-state index contributed by atoms with van der Waals surface area (Å²) in [5.74, 6) is -2.51. The summed E-state index contributed by atoms with van der Waals surface area (Å²) in [7, 11) is -4.77. The van der Waals surface area contributed by atoms with E-state index in [4.69, 9.17) is 13.8 Å². The number of hydrogen-bond acceptors (Lipinski definition) is 8. The number of allylic oxidation sites excluding steroid dienone is 12. The fourth-order valence-electron chi connectivity index (χ4n) is 4.22. The van der Waals surface area contributed by atoms with Gasteiger partial charge in [-0.3, -0.25) is 18.6 Å². The van der Waals surface area contributed by atoms with Crippen LogP contribution in [0.5, 0.6) is 0 Å². The standard InChI is InChI=1S/C38H62NO10P/c1-3-5-7-9-11-12-13-14-15-16-17-18-19-20-21-22-24-25-27-29-36(41)39-35(38(43)44)33-49-50(45,46)48-32-34(40)31-47-37(42)30-28-26-23-10-8-6-4-2/h5,7,11-12,14-15,17-18,20-21,24-25,34-35,40H,3-4,6,8-10,13,16,19,22-23,26-33H2,1-2H3,(H,39,41)(H,43,44)(H,45,46)/b7-5-,12-11-,15-14-,18-17-,21-20-,25-24-. The van der Waals surface area contributed by atoms with Crippen molar-refractivity contribution in [3.05, 3.63) is 72.9 Å². The summed E-state index contributed by atoms with van der Waals surface area (Å²) in [5.41, 5.74) is 0. The van der Waals surface area contributed by atoms with Crippen molar-refractivity contribution in [3.63, 3.8) is 0 Å². The highest BCUT2D eigenvalue weighted by Gasteiger charge is 2.28. The minimum absolute atomic E-state index is 0.0170. The number of esters is 1. The Morgan fingerprint density at radius 3 is 1.66 bits per heavy atom. The Morgan fingerprint density at radius 2 is 1.14 bits per heavy atom. The van der Waals surface area contributed by atoms with Crippen LogP contribution in [0.25, 0.3) is 0 Å². The topological polar surface area (TPSA) is 169 Å². The molecule has 284 valence electrons. The summed E-state index contributed by atoms with van der Waals surface area (Å²) in [6.45, 7) is 2.32. The van der Waals surface area contributed by atoms with E-state index in [1.165, 1.54) is 19.3 Å². The zero-order chi connectivity index (χ0) is 37.1. The number of aliphatic hydroxyl groups excluding tert-OH is 1. The van der Waals surface area contributed by atoms with E-state index in [-0.39, 0.29) is 12.8 Å². The molecule has 0 radical (unpaired) electrons. The van der Waals surface area contributed by atoms with Crippen molar-refractivity contribution >= 4 is 25.7 Å². The zero-order valence-corrected chi connectivity index (χ0v) is 31.1. The second-order valence-corrected chi connectivity index (χ2v) is 13.1. The maximum Gasteiger partial charge on any atom is 0.472 e. The SMILES string of the molecule is CC/C=C\C/C=C\C/C=C\C/C=C\C/C=C\C/C=C\CCC(=O)NC(COP(=O)(O)OCC(O)COC(=O)CCCCCCCCC)C(=O)O. The zero-order valence-electron chi connectivity index (χ0n) is 30.2. The molecule has 50 heavy (non-hydrogen) atoms. The summed E-state index contributed by atoms with van der Waals surface area (Å²) >= 11 is 0. The Balaban J connectivity index is 4.15. The van der Waals surface area contributed by atoms with Crippen molar-refractivity contribution in [1.82, 2.24) is 5.32 Å². The van der Waals surface area contributed by atoms with Gasteiger partial charge in [-0.2, -0.15) is 0 Å². The Bertz CT molecular complexity index is 1130. The van der Waals surface area contributed by atoms with Gasteiger partial charge in [0.25, 0.3) is 0 Å². The lowest BCUT2D eigenvalue weighted by Gasteiger charge is -2.18. The number of phosphoric ester groups is 1. The number of rotatable bonds is 32. The molecule has 0 aromatic rings. The molecule has 0 spiro atoms. The molecule has 0 saturated carbocycles. The number of carboxylic acids is 1. The first-order chi connectivity index (χ1) is 24.1. The normalized spacial score (nSPS) is 14.8. The second-order valence-electron chi connectivity index (χ2n) is 11.7. The number of amides is 1. The van der Waals surface area contributed by atoms with Crippen molar-refractivity contribution in [1.29, 1.82) is 0 Å². The average molecular weight is 724 g/mol. The molecule has 0 aliphatic heterocycles. The van der Waals surface area contributed by atoms with Gasteiger partial charge in [-0.25, -0.2) is 9.36 Å². The Morgan fingerprint density at radius 1 is 0.660 bits per heavy atom. The van der Waals surface area contributed by atoms with Crippen LogP contribution in [0.1, 0.15) is 117 Å². The number of carboxylic acid groups (broad SMARTS) is 1. The molecule has 3 atom stereocenters. The largest absolute Gasteiger partial charge is 0.480 e. The summed E-state index contributed by atoms with van der Waals surface area (Å²) in [6.07, 6.45) is 37.0.